The quantitative estimate of drug-likeness (QED) is 0.502. The summed E-state index contributed by atoms with van der Waals surface area (Å²) < 4.78 is 56.7. The van der Waals surface area contributed by atoms with E-state index in [1.54, 1.807) is 10.8 Å². The number of benzene rings is 1. The van der Waals surface area contributed by atoms with E-state index in [4.69, 9.17) is 0 Å². The number of fused-ring (bicyclic) bond motifs is 2. The van der Waals surface area contributed by atoms with E-state index < -0.39 is 31.0 Å². The third-order valence-corrected chi connectivity index (χ3v) is 7.55. The average molecular weight is 510 g/mol. The maximum atomic E-state index is 13.5. The molecule has 2 aromatic rings. The maximum Gasteiger partial charge on any atom is 0.280 e. The van der Waals surface area contributed by atoms with Crippen LogP contribution >= 0.6 is 0 Å². The van der Waals surface area contributed by atoms with E-state index in [2.05, 4.69) is 14.8 Å². The molecule has 0 fully saturated rings. The van der Waals surface area contributed by atoms with Crippen molar-refractivity contribution >= 4 is 43.3 Å². The summed E-state index contributed by atoms with van der Waals surface area (Å²) >= 11 is 0. The molecule has 0 bridgehead atoms. The predicted octanol–water partition coefficient (Wildman–Crippen LogP) is -0.528. The van der Waals surface area contributed by atoms with Crippen LogP contribution < -0.4 is 36.3 Å². The molecule has 0 unspecified atom stereocenters. The van der Waals surface area contributed by atoms with Gasteiger partial charge in [-0.15, -0.1) is 0 Å². The van der Waals surface area contributed by atoms with Crippen molar-refractivity contribution in [3.63, 3.8) is 0 Å². The molecule has 11 nitrogen and oxygen atoms in total. The topological polar surface area (TPSA) is 148 Å². The summed E-state index contributed by atoms with van der Waals surface area (Å²) in [5, 5.41) is 2.90. The number of aromatic nitrogens is 2. The van der Waals surface area contributed by atoms with Gasteiger partial charge in [-0.3, -0.25) is 23.7 Å². The van der Waals surface area contributed by atoms with Crippen molar-refractivity contribution in [2.75, 3.05) is 16.3 Å². The lowest BCUT2D eigenvalue weighted by Crippen LogP contribution is -2.60. The van der Waals surface area contributed by atoms with Gasteiger partial charge >= 0.3 is 0 Å². The van der Waals surface area contributed by atoms with Crippen LogP contribution in [0.2, 0.25) is 0 Å². The molecule has 0 amide bonds. The Morgan fingerprint density at radius 3 is 2.53 bits per heavy atom. The number of rotatable bonds is 4. The third kappa shape index (κ3) is 4.62. The van der Waals surface area contributed by atoms with Crippen molar-refractivity contribution in [2.45, 2.75) is 51.6 Å². The highest BCUT2D eigenvalue weighted by Gasteiger charge is 2.29. The Morgan fingerprint density at radius 1 is 1.18 bits per heavy atom. The van der Waals surface area contributed by atoms with Crippen LogP contribution in [-0.4, -0.2) is 32.5 Å². The fraction of sp³-hybridized carbons (Fsp3) is 0.429. The molecule has 13 heteroatoms. The first-order valence-electron chi connectivity index (χ1n) is 10.7. The highest BCUT2D eigenvalue weighted by atomic mass is 32.2. The van der Waals surface area contributed by atoms with Crippen molar-refractivity contribution in [2.24, 2.45) is 5.41 Å². The highest BCUT2D eigenvalue weighted by Crippen LogP contribution is 2.30. The van der Waals surface area contributed by atoms with E-state index in [1.807, 2.05) is 20.8 Å². The summed E-state index contributed by atoms with van der Waals surface area (Å²) in [6, 6.07) is 3.92. The summed E-state index contributed by atoms with van der Waals surface area (Å²) in [4.78, 5) is 26.5. The smallest absolute Gasteiger partial charge is 0.280 e. The minimum absolute atomic E-state index is 0.0556. The van der Waals surface area contributed by atoms with E-state index >= 15 is 0 Å². The Hall–Kier alpha value is -3.06. The number of hydrogen-bond acceptors (Lipinski definition) is 7. The zero-order chi connectivity index (χ0) is 25.1. The summed E-state index contributed by atoms with van der Waals surface area (Å²) in [5.41, 5.74) is -1.02. The van der Waals surface area contributed by atoms with Crippen molar-refractivity contribution in [3.8, 4) is 0 Å². The van der Waals surface area contributed by atoms with Gasteiger partial charge in [0, 0.05) is 18.8 Å². The third-order valence-electron chi connectivity index (χ3n) is 5.55. The van der Waals surface area contributed by atoms with Crippen LogP contribution in [0.3, 0.4) is 0 Å². The molecule has 2 aliphatic heterocycles. The predicted molar refractivity (Wildman–Crippen MR) is 130 cm³/mol. The molecule has 0 spiro atoms. The Bertz CT molecular complexity index is 1650. The Labute approximate surface area is 196 Å². The molecule has 34 heavy (non-hydrogen) atoms. The fourth-order valence-electron chi connectivity index (χ4n) is 3.95. The van der Waals surface area contributed by atoms with Gasteiger partial charge < -0.3 is 5.32 Å². The SMILES string of the molecule is CC(C)(C)CCn1c(=O)c(=C2Nc3ccc(NS(C)(=O)=O)cc3S(=O)(=O)N2)c(=O)c2n1CCC=2. The van der Waals surface area contributed by atoms with Crippen molar-refractivity contribution in [1.29, 1.82) is 0 Å². The van der Waals surface area contributed by atoms with Crippen LogP contribution in [0.5, 0.6) is 0 Å². The number of nitrogens with zero attached hydrogens (tertiary/aromatic N) is 2. The molecule has 0 aliphatic carbocycles. The van der Waals surface area contributed by atoms with Gasteiger partial charge in [0.05, 0.1) is 11.9 Å². The molecule has 0 radical (unpaired) electrons. The standard InChI is InChI=1S/C21H27N5O6S2/c1-21(2,3)9-11-26-20(28)17(18(27)15-6-5-10-25(15)26)19-22-14-8-7-13(23-33(4,29)30)12-16(14)34(31,32)24-19/h6-8,12,22-24H,5,9-11H2,1-4H3. The van der Waals surface area contributed by atoms with E-state index in [-0.39, 0.29) is 32.7 Å². The molecular weight excluding hydrogens is 482 g/mol. The van der Waals surface area contributed by atoms with Crippen molar-refractivity contribution in [3.05, 3.63) is 49.3 Å². The molecule has 1 aromatic carbocycles. The molecule has 3 N–H and O–H groups in total. The lowest BCUT2D eigenvalue weighted by atomic mass is 9.92. The van der Waals surface area contributed by atoms with Gasteiger partial charge in [-0.05, 0) is 36.5 Å². The minimum Gasteiger partial charge on any atom is -0.339 e. The molecule has 184 valence electrons. The molecule has 0 saturated carbocycles. The molecule has 3 heterocycles. The fourth-order valence-corrected chi connectivity index (χ4v) is 5.72. The largest absolute Gasteiger partial charge is 0.339 e. The second-order valence-corrected chi connectivity index (χ2v) is 13.0. The van der Waals surface area contributed by atoms with Gasteiger partial charge in [0.2, 0.25) is 15.5 Å². The number of nitrogens with one attached hydrogen (secondary N) is 3. The number of sulfonamides is 2. The molecule has 4 rings (SSSR count). The molecule has 1 aromatic heterocycles. The van der Waals surface area contributed by atoms with E-state index in [0.29, 0.717) is 31.3 Å². The monoisotopic (exact) mass is 509 g/mol. The molecule has 2 aliphatic rings. The minimum atomic E-state index is -4.20. The first-order valence-corrected chi connectivity index (χ1v) is 14.0. The van der Waals surface area contributed by atoms with Crippen LogP contribution in [0.15, 0.2) is 32.7 Å². The van der Waals surface area contributed by atoms with Gasteiger partial charge in [-0.2, -0.15) is 0 Å². The van der Waals surface area contributed by atoms with Crippen LogP contribution in [-0.2, 0) is 33.1 Å². The average Bonchev–Trinajstić information content (AvgIpc) is 3.16. The first-order chi connectivity index (χ1) is 15.7. The molecule has 0 saturated heterocycles. The molecule has 0 atom stereocenters. The Kier molecular flexibility index (Phi) is 5.67. The second kappa shape index (κ2) is 8.01. The zero-order valence-corrected chi connectivity index (χ0v) is 20.9. The van der Waals surface area contributed by atoms with Crippen molar-refractivity contribution < 1.29 is 16.8 Å². The summed E-state index contributed by atoms with van der Waals surface area (Å²) in [7, 11) is -7.82. The number of anilines is 2. The van der Waals surface area contributed by atoms with Gasteiger partial charge in [0.15, 0.2) is 0 Å². The summed E-state index contributed by atoms with van der Waals surface area (Å²) in [6.07, 6.45) is 3.97. The maximum absolute atomic E-state index is 13.5. The normalized spacial score (nSPS) is 18.2. The van der Waals surface area contributed by atoms with Gasteiger partial charge in [-0.1, -0.05) is 26.8 Å². The van der Waals surface area contributed by atoms with Gasteiger partial charge in [0.1, 0.15) is 21.3 Å². The lowest BCUT2D eigenvalue weighted by Gasteiger charge is -2.24. The van der Waals surface area contributed by atoms with Gasteiger partial charge in [0.25, 0.3) is 15.6 Å². The van der Waals surface area contributed by atoms with Crippen LogP contribution in [0.4, 0.5) is 11.4 Å². The van der Waals surface area contributed by atoms with Crippen LogP contribution in [0, 0.1) is 5.41 Å². The first kappa shape index (κ1) is 24.1. The van der Waals surface area contributed by atoms with Gasteiger partial charge in [-0.25, -0.2) is 21.5 Å². The molecular formula is C21H27N5O6S2. The summed E-state index contributed by atoms with van der Waals surface area (Å²) in [5.74, 6) is -0.223. The van der Waals surface area contributed by atoms with Crippen LogP contribution in [0.1, 0.15) is 33.6 Å². The Balaban J connectivity index is 1.92. The second-order valence-electron chi connectivity index (χ2n) is 9.63. The van der Waals surface area contributed by atoms with E-state index in [9.17, 15) is 26.4 Å². The van der Waals surface area contributed by atoms with Crippen LogP contribution in [0.25, 0.3) is 11.9 Å². The van der Waals surface area contributed by atoms with Crippen molar-refractivity contribution in [1.82, 2.24) is 14.1 Å². The lowest BCUT2D eigenvalue weighted by molar-refractivity contribution is 0.310. The van der Waals surface area contributed by atoms with E-state index in [1.165, 1.54) is 16.8 Å². The summed E-state index contributed by atoms with van der Waals surface area (Å²) in [6.45, 7) is 7.01. The zero-order valence-electron chi connectivity index (χ0n) is 19.3. The highest BCUT2D eigenvalue weighted by molar-refractivity contribution is 7.92. The van der Waals surface area contributed by atoms with E-state index in [0.717, 1.165) is 12.3 Å². The number of hydrogen-bond donors (Lipinski definition) is 3. The Morgan fingerprint density at radius 2 is 1.88 bits per heavy atom.